The van der Waals surface area contributed by atoms with Gasteiger partial charge < -0.3 is 5.11 Å². The molecule has 2 atom stereocenters. The molecule has 2 rings (SSSR count). The molecule has 2 aromatic rings. The zero-order valence-corrected chi connectivity index (χ0v) is 9.37. The molecule has 78 valence electrons. The van der Waals surface area contributed by atoms with Gasteiger partial charge in [0.15, 0.2) is 0 Å². The number of aliphatic hydroxyl groups is 1. The highest BCUT2D eigenvalue weighted by Gasteiger charge is 2.17. The fraction of sp³-hybridized carbons (Fsp3) is 0.250. The summed E-state index contributed by atoms with van der Waals surface area (Å²) in [6, 6.07) is 7.91. The standard InChI is InChI=1S/C12H13NOS/c1-3-8(2)11(14)12-13-9-6-4-5-7-10(9)15-12/h3-8,11,14H,1H2,2H3/t8-,11-/m0/s1. The Morgan fingerprint density at radius 1 is 1.47 bits per heavy atom. The Kier molecular flexibility index (Phi) is 2.84. The van der Waals surface area contributed by atoms with Gasteiger partial charge in [-0.25, -0.2) is 4.98 Å². The lowest BCUT2D eigenvalue weighted by atomic mass is 10.1. The summed E-state index contributed by atoms with van der Waals surface area (Å²) in [5.41, 5.74) is 0.952. The SMILES string of the molecule is C=C[C@H](C)[C@H](O)c1nc2ccccc2s1. The number of rotatable bonds is 3. The zero-order chi connectivity index (χ0) is 10.8. The van der Waals surface area contributed by atoms with Gasteiger partial charge in [0.1, 0.15) is 11.1 Å². The van der Waals surface area contributed by atoms with Crippen molar-refractivity contribution in [1.82, 2.24) is 4.98 Å². The molecule has 3 heteroatoms. The van der Waals surface area contributed by atoms with Gasteiger partial charge >= 0.3 is 0 Å². The summed E-state index contributed by atoms with van der Waals surface area (Å²) < 4.78 is 1.11. The van der Waals surface area contributed by atoms with Crippen molar-refractivity contribution in [2.75, 3.05) is 0 Å². The molecule has 0 unspecified atom stereocenters. The number of hydrogen-bond acceptors (Lipinski definition) is 3. The topological polar surface area (TPSA) is 33.1 Å². The van der Waals surface area contributed by atoms with Crippen molar-refractivity contribution in [3.63, 3.8) is 0 Å². The maximum atomic E-state index is 9.97. The summed E-state index contributed by atoms with van der Waals surface area (Å²) in [5, 5.41) is 10.7. The van der Waals surface area contributed by atoms with E-state index in [9.17, 15) is 5.11 Å². The third-order valence-corrected chi connectivity index (χ3v) is 3.54. The summed E-state index contributed by atoms with van der Waals surface area (Å²) in [7, 11) is 0. The second-order valence-corrected chi connectivity index (χ2v) is 4.62. The Hall–Kier alpha value is -1.19. The van der Waals surface area contributed by atoms with Gasteiger partial charge in [-0.15, -0.1) is 17.9 Å². The van der Waals surface area contributed by atoms with Crippen molar-refractivity contribution in [1.29, 1.82) is 0 Å². The van der Waals surface area contributed by atoms with Crippen molar-refractivity contribution in [2.45, 2.75) is 13.0 Å². The molecule has 0 radical (unpaired) electrons. The molecule has 0 bridgehead atoms. The zero-order valence-electron chi connectivity index (χ0n) is 8.55. The normalized spacial score (nSPS) is 15.1. The number of benzene rings is 1. The molecule has 1 N–H and O–H groups in total. The van der Waals surface area contributed by atoms with Gasteiger partial charge in [0.05, 0.1) is 10.2 Å². The van der Waals surface area contributed by atoms with Crippen LogP contribution in [-0.4, -0.2) is 10.1 Å². The van der Waals surface area contributed by atoms with E-state index in [1.165, 1.54) is 0 Å². The molecule has 15 heavy (non-hydrogen) atoms. The van der Waals surface area contributed by atoms with Crippen LogP contribution in [0.15, 0.2) is 36.9 Å². The molecule has 2 nitrogen and oxygen atoms in total. The molecule has 0 aliphatic rings. The molecule has 0 aliphatic carbocycles. The third-order valence-electron chi connectivity index (χ3n) is 2.43. The van der Waals surface area contributed by atoms with Crippen LogP contribution in [0, 0.1) is 5.92 Å². The molecule has 0 saturated carbocycles. The summed E-state index contributed by atoms with van der Waals surface area (Å²) >= 11 is 1.54. The molecule has 0 aliphatic heterocycles. The van der Waals surface area contributed by atoms with Crippen molar-refractivity contribution < 1.29 is 5.11 Å². The molecule has 0 spiro atoms. The third kappa shape index (κ3) is 1.94. The molecular weight excluding hydrogens is 206 g/mol. The first-order valence-electron chi connectivity index (χ1n) is 4.88. The second-order valence-electron chi connectivity index (χ2n) is 3.56. The van der Waals surface area contributed by atoms with Gasteiger partial charge in [-0.1, -0.05) is 25.1 Å². The average Bonchev–Trinajstić information content (AvgIpc) is 2.70. The van der Waals surface area contributed by atoms with Crippen LogP contribution in [0.1, 0.15) is 18.0 Å². The van der Waals surface area contributed by atoms with E-state index < -0.39 is 6.10 Å². The van der Waals surface area contributed by atoms with Crippen LogP contribution in [0.5, 0.6) is 0 Å². The van der Waals surface area contributed by atoms with Gasteiger partial charge in [-0.3, -0.25) is 0 Å². The van der Waals surface area contributed by atoms with Crippen molar-refractivity contribution in [3.05, 3.63) is 41.9 Å². The molecular formula is C12H13NOS. The lowest BCUT2D eigenvalue weighted by Gasteiger charge is -2.11. The van der Waals surface area contributed by atoms with Crippen molar-refractivity contribution in [3.8, 4) is 0 Å². The van der Waals surface area contributed by atoms with E-state index in [4.69, 9.17) is 0 Å². The van der Waals surface area contributed by atoms with Gasteiger partial charge in [-0.2, -0.15) is 0 Å². The largest absolute Gasteiger partial charge is 0.385 e. The summed E-state index contributed by atoms with van der Waals surface area (Å²) in [4.78, 5) is 4.40. The first kappa shape index (κ1) is 10.3. The predicted octanol–water partition coefficient (Wildman–Crippen LogP) is 3.15. The van der Waals surface area contributed by atoms with Gasteiger partial charge in [0, 0.05) is 5.92 Å². The number of para-hydroxylation sites is 1. The molecule has 1 aromatic heterocycles. The highest BCUT2D eigenvalue weighted by molar-refractivity contribution is 7.18. The minimum atomic E-state index is -0.542. The highest BCUT2D eigenvalue weighted by atomic mass is 32.1. The van der Waals surface area contributed by atoms with Crippen LogP contribution in [0.25, 0.3) is 10.2 Å². The first-order valence-corrected chi connectivity index (χ1v) is 5.70. The Labute approximate surface area is 92.9 Å². The molecule has 1 aromatic carbocycles. The molecule has 1 heterocycles. The van der Waals surface area contributed by atoms with Gasteiger partial charge in [0.2, 0.25) is 0 Å². The van der Waals surface area contributed by atoms with Crippen LogP contribution >= 0.6 is 11.3 Å². The smallest absolute Gasteiger partial charge is 0.123 e. The second kappa shape index (κ2) is 4.13. The minimum absolute atomic E-state index is 0.0329. The summed E-state index contributed by atoms with van der Waals surface area (Å²) in [5.74, 6) is 0.0329. The summed E-state index contributed by atoms with van der Waals surface area (Å²) in [6.45, 7) is 5.61. The average molecular weight is 219 g/mol. The first-order chi connectivity index (χ1) is 7.22. The number of fused-ring (bicyclic) bond motifs is 1. The van der Waals surface area contributed by atoms with E-state index in [-0.39, 0.29) is 5.92 Å². The minimum Gasteiger partial charge on any atom is -0.385 e. The Bertz CT molecular complexity index is 444. The van der Waals surface area contributed by atoms with Crippen LogP contribution in [0.2, 0.25) is 0 Å². The molecule has 0 saturated heterocycles. The van der Waals surface area contributed by atoms with Crippen molar-refractivity contribution >= 4 is 21.6 Å². The monoisotopic (exact) mass is 219 g/mol. The lowest BCUT2D eigenvalue weighted by Crippen LogP contribution is -2.05. The Morgan fingerprint density at radius 2 is 2.20 bits per heavy atom. The maximum absolute atomic E-state index is 9.97. The molecule has 0 amide bonds. The van der Waals surface area contributed by atoms with E-state index in [0.29, 0.717) is 0 Å². The van der Waals surface area contributed by atoms with E-state index >= 15 is 0 Å². The van der Waals surface area contributed by atoms with Gasteiger partial charge in [0.25, 0.3) is 0 Å². The van der Waals surface area contributed by atoms with E-state index in [1.807, 2.05) is 31.2 Å². The van der Waals surface area contributed by atoms with E-state index in [2.05, 4.69) is 11.6 Å². The number of aliphatic hydroxyl groups excluding tert-OH is 1. The van der Waals surface area contributed by atoms with E-state index in [0.717, 1.165) is 15.2 Å². The fourth-order valence-electron chi connectivity index (χ4n) is 1.37. The van der Waals surface area contributed by atoms with Gasteiger partial charge in [-0.05, 0) is 12.1 Å². The number of aromatic nitrogens is 1. The maximum Gasteiger partial charge on any atom is 0.123 e. The van der Waals surface area contributed by atoms with Crippen LogP contribution < -0.4 is 0 Å². The highest BCUT2D eigenvalue weighted by Crippen LogP contribution is 2.30. The Balaban J connectivity index is 2.40. The van der Waals surface area contributed by atoms with Crippen LogP contribution in [0.4, 0.5) is 0 Å². The van der Waals surface area contributed by atoms with Crippen LogP contribution in [-0.2, 0) is 0 Å². The predicted molar refractivity (Wildman–Crippen MR) is 63.9 cm³/mol. The number of nitrogens with zero attached hydrogens (tertiary/aromatic N) is 1. The number of thiazole rings is 1. The number of hydrogen-bond donors (Lipinski definition) is 1. The van der Waals surface area contributed by atoms with E-state index in [1.54, 1.807) is 17.4 Å². The lowest BCUT2D eigenvalue weighted by molar-refractivity contribution is 0.139. The van der Waals surface area contributed by atoms with Crippen LogP contribution in [0.3, 0.4) is 0 Å². The Morgan fingerprint density at radius 3 is 2.87 bits per heavy atom. The quantitative estimate of drug-likeness (QED) is 0.804. The van der Waals surface area contributed by atoms with Crippen molar-refractivity contribution in [2.24, 2.45) is 5.92 Å². The summed E-state index contributed by atoms with van der Waals surface area (Å²) in [6.07, 6.45) is 1.20. The molecule has 0 fully saturated rings. The fourth-order valence-corrected chi connectivity index (χ4v) is 2.44.